The second-order valence-electron chi connectivity index (χ2n) is 2.49. The van der Waals surface area contributed by atoms with E-state index in [0.29, 0.717) is 0 Å². The third-order valence-corrected chi connectivity index (χ3v) is 1.76. The van der Waals surface area contributed by atoms with Gasteiger partial charge in [-0.3, -0.25) is 0 Å². The van der Waals surface area contributed by atoms with Crippen LogP contribution in [0.5, 0.6) is 0 Å². The van der Waals surface area contributed by atoms with Crippen molar-refractivity contribution in [3.8, 4) is 0 Å². The van der Waals surface area contributed by atoms with Crippen molar-refractivity contribution in [2.75, 3.05) is 6.61 Å². The van der Waals surface area contributed by atoms with E-state index in [1.165, 1.54) is 0 Å². The zero-order valence-electron chi connectivity index (χ0n) is 6.12. The molecule has 12 heavy (non-hydrogen) atoms. The summed E-state index contributed by atoms with van der Waals surface area (Å²) >= 11 is 4.30. The molecule has 1 aliphatic heterocycles. The van der Waals surface area contributed by atoms with Gasteiger partial charge in [-0.05, 0) is 12.2 Å². The number of hydrogen-bond acceptors (Lipinski definition) is 6. The molecule has 3 N–H and O–H groups in total. The van der Waals surface area contributed by atoms with E-state index < -0.39 is 24.5 Å². The number of thiocarbonyl (C=S) groups is 1. The van der Waals surface area contributed by atoms with E-state index >= 15 is 0 Å². The minimum absolute atomic E-state index is 0.0661. The van der Waals surface area contributed by atoms with Crippen LogP contribution in [0.4, 0.5) is 0 Å². The molecular formula is C6H9NO4S. The van der Waals surface area contributed by atoms with Gasteiger partial charge in [0.05, 0.1) is 11.8 Å². The Bertz CT molecular complexity index is 206. The summed E-state index contributed by atoms with van der Waals surface area (Å²) in [5.74, 6) is 0. The fourth-order valence-corrected chi connectivity index (χ4v) is 1.06. The van der Waals surface area contributed by atoms with E-state index in [0.717, 1.165) is 0 Å². The van der Waals surface area contributed by atoms with Crippen LogP contribution in [0.3, 0.4) is 0 Å². The van der Waals surface area contributed by atoms with Crippen molar-refractivity contribution in [3.63, 3.8) is 0 Å². The number of isothiocyanates is 1. The minimum Gasteiger partial charge on any atom is -0.388 e. The highest BCUT2D eigenvalue weighted by Gasteiger charge is 2.37. The highest BCUT2D eigenvalue weighted by molar-refractivity contribution is 7.78. The zero-order chi connectivity index (χ0) is 9.14. The topological polar surface area (TPSA) is 82.3 Å². The van der Waals surface area contributed by atoms with Crippen LogP contribution >= 0.6 is 12.2 Å². The van der Waals surface area contributed by atoms with Crippen LogP contribution in [0.1, 0.15) is 0 Å². The molecule has 1 rings (SSSR count). The lowest BCUT2D eigenvalue weighted by Crippen LogP contribution is -2.52. The molecule has 5 nitrogen and oxygen atoms in total. The smallest absolute Gasteiger partial charge is 0.186 e. The maximum absolute atomic E-state index is 9.22. The minimum atomic E-state index is -1.25. The maximum Gasteiger partial charge on any atom is 0.186 e. The molecule has 0 aromatic heterocycles. The van der Waals surface area contributed by atoms with E-state index in [4.69, 9.17) is 14.9 Å². The number of aliphatic hydroxyl groups excluding tert-OH is 3. The normalized spacial score (nSPS) is 41.9. The van der Waals surface area contributed by atoms with Crippen LogP contribution < -0.4 is 0 Å². The molecule has 1 fully saturated rings. The summed E-state index contributed by atoms with van der Waals surface area (Å²) in [6.45, 7) is -0.0661. The third kappa shape index (κ3) is 1.87. The van der Waals surface area contributed by atoms with Crippen LogP contribution in [0.15, 0.2) is 4.99 Å². The largest absolute Gasteiger partial charge is 0.388 e. The third-order valence-electron chi connectivity index (χ3n) is 1.65. The summed E-state index contributed by atoms with van der Waals surface area (Å²) in [5, 5.41) is 29.4. The molecule has 4 atom stereocenters. The first-order valence-corrected chi connectivity index (χ1v) is 3.80. The van der Waals surface area contributed by atoms with Crippen molar-refractivity contribution >= 4 is 17.4 Å². The summed E-state index contributed by atoms with van der Waals surface area (Å²) in [5.41, 5.74) is 0. The molecule has 1 heterocycles. The van der Waals surface area contributed by atoms with E-state index in [2.05, 4.69) is 17.2 Å². The van der Waals surface area contributed by atoms with Crippen LogP contribution in [-0.4, -0.2) is 51.6 Å². The lowest BCUT2D eigenvalue weighted by Gasteiger charge is -2.32. The van der Waals surface area contributed by atoms with Crippen LogP contribution in [0.2, 0.25) is 0 Å². The van der Waals surface area contributed by atoms with E-state index in [-0.39, 0.29) is 6.61 Å². The van der Waals surface area contributed by atoms with Crippen molar-refractivity contribution < 1.29 is 20.1 Å². The molecule has 0 radical (unpaired) electrons. The Hall–Kier alpha value is -0.360. The van der Waals surface area contributed by atoms with Gasteiger partial charge in [0.25, 0.3) is 0 Å². The van der Waals surface area contributed by atoms with E-state index in [9.17, 15) is 5.11 Å². The molecular weight excluding hydrogens is 182 g/mol. The van der Waals surface area contributed by atoms with Gasteiger partial charge in [0, 0.05) is 0 Å². The molecule has 0 amide bonds. The first kappa shape index (κ1) is 9.73. The fourth-order valence-electron chi connectivity index (χ4n) is 0.956. The van der Waals surface area contributed by atoms with Crippen molar-refractivity contribution in [1.29, 1.82) is 0 Å². The Kier molecular flexibility index (Phi) is 3.28. The molecule has 0 spiro atoms. The van der Waals surface area contributed by atoms with Crippen LogP contribution in [0.25, 0.3) is 0 Å². The van der Waals surface area contributed by atoms with Gasteiger partial charge in [0.15, 0.2) is 6.23 Å². The maximum atomic E-state index is 9.22. The molecule has 0 aromatic carbocycles. The molecule has 1 saturated heterocycles. The number of ether oxygens (including phenoxy) is 1. The Morgan fingerprint density at radius 3 is 2.58 bits per heavy atom. The predicted molar refractivity (Wildman–Crippen MR) is 42.8 cm³/mol. The molecule has 1 unspecified atom stereocenters. The van der Waals surface area contributed by atoms with Gasteiger partial charge >= 0.3 is 0 Å². The number of aliphatic hydroxyl groups is 3. The average molecular weight is 191 g/mol. The second kappa shape index (κ2) is 4.04. The summed E-state index contributed by atoms with van der Waals surface area (Å²) in [6.07, 6.45) is -4.47. The molecule has 0 aliphatic carbocycles. The standard InChI is InChI=1S/C6H9NO4S/c8-3-1-11-6(7-2-12)5(10)4(3)9/h3-6,8-10H,1H2/t3-,4-,5+,6?/m1/s1. The Morgan fingerprint density at radius 2 is 2.00 bits per heavy atom. The quantitative estimate of drug-likeness (QED) is 0.348. The van der Waals surface area contributed by atoms with Gasteiger partial charge in [-0.25, -0.2) is 0 Å². The monoisotopic (exact) mass is 191 g/mol. The van der Waals surface area contributed by atoms with Gasteiger partial charge in [0.2, 0.25) is 0 Å². The lowest BCUT2D eigenvalue weighted by molar-refractivity contribution is -0.183. The Morgan fingerprint density at radius 1 is 1.33 bits per heavy atom. The number of rotatable bonds is 1. The number of nitrogens with zero attached hydrogens (tertiary/aromatic N) is 1. The molecule has 6 heteroatoms. The molecule has 0 aromatic rings. The summed E-state index contributed by atoms with van der Waals surface area (Å²) in [4.78, 5) is 3.47. The van der Waals surface area contributed by atoms with Gasteiger partial charge in [-0.15, -0.1) is 0 Å². The molecule has 1 aliphatic rings. The van der Waals surface area contributed by atoms with Crippen molar-refractivity contribution in [3.05, 3.63) is 0 Å². The molecule has 0 bridgehead atoms. The first-order chi connectivity index (χ1) is 5.66. The number of aliphatic imine (C=N–C) groups is 1. The SMILES string of the molecule is O[C@@H]1[C@H](O)COC(N=C=S)[C@H]1O. The van der Waals surface area contributed by atoms with Gasteiger partial charge < -0.3 is 20.1 Å². The highest BCUT2D eigenvalue weighted by Crippen LogP contribution is 2.15. The van der Waals surface area contributed by atoms with Crippen LogP contribution in [0, 0.1) is 0 Å². The van der Waals surface area contributed by atoms with Crippen molar-refractivity contribution in [1.82, 2.24) is 0 Å². The number of hydrogen-bond donors (Lipinski definition) is 3. The zero-order valence-corrected chi connectivity index (χ0v) is 6.94. The van der Waals surface area contributed by atoms with E-state index in [1.54, 1.807) is 0 Å². The summed E-state index contributed by atoms with van der Waals surface area (Å²) < 4.78 is 4.86. The highest BCUT2D eigenvalue weighted by atomic mass is 32.1. The van der Waals surface area contributed by atoms with Crippen molar-refractivity contribution in [2.45, 2.75) is 24.5 Å². The van der Waals surface area contributed by atoms with Gasteiger partial charge in [-0.2, -0.15) is 4.99 Å². The van der Waals surface area contributed by atoms with Gasteiger partial charge in [-0.1, -0.05) is 0 Å². The molecule has 68 valence electrons. The summed E-state index contributed by atoms with van der Waals surface area (Å²) in [7, 11) is 0. The second-order valence-corrected chi connectivity index (χ2v) is 2.68. The lowest BCUT2D eigenvalue weighted by atomic mass is 10.1. The van der Waals surface area contributed by atoms with Crippen LogP contribution in [-0.2, 0) is 4.74 Å². The van der Waals surface area contributed by atoms with Crippen molar-refractivity contribution in [2.24, 2.45) is 4.99 Å². The Balaban J connectivity index is 2.64. The first-order valence-electron chi connectivity index (χ1n) is 3.39. The summed E-state index contributed by atoms with van der Waals surface area (Å²) in [6, 6.07) is 0. The Labute approximate surface area is 74.3 Å². The van der Waals surface area contributed by atoms with Gasteiger partial charge in [0.1, 0.15) is 18.3 Å². The predicted octanol–water partition coefficient (Wildman–Crippen LogP) is -1.47. The van der Waals surface area contributed by atoms with E-state index in [1.807, 2.05) is 5.16 Å². The fraction of sp³-hybridized carbons (Fsp3) is 0.833. The average Bonchev–Trinajstić information content (AvgIpc) is 2.07. The molecule has 0 saturated carbocycles.